The van der Waals surface area contributed by atoms with Crippen LogP contribution in [-0.4, -0.2) is 15.2 Å². The molecule has 506 valence electrons. The number of hydrogen-bond donors (Lipinski definition) is 0. The van der Waals surface area contributed by atoms with E-state index in [0.29, 0.717) is 0 Å². The van der Waals surface area contributed by atoms with Gasteiger partial charge in [-0.15, -0.1) is 0 Å². The molecule has 0 amide bonds. The first kappa shape index (κ1) is 61.3. The molecule has 1 aliphatic carbocycles. The smallest absolute Gasteiger partial charge is 0.0629 e. The van der Waals surface area contributed by atoms with E-state index >= 15 is 0 Å². The summed E-state index contributed by atoms with van der Waals surface area (Å²) < 4.78 is 4.94. The van der Waals surface area contributed by atoms with E-state index in [4.69, 9.17) is 0 Å². The van der Waals surface area contributed by atoms with Gasteiger partial charge in [0.15, 0.2) is 0 Å². The number of aromatic nitrogens is 2. The van der Waals surface area contributed by atoms with Crippen molar-refractivity contribution in [3.05, 3.63) is 406 Å². The molecule has 6 nitrogen and oxygen atoms in total. The zero-order valence-electron chi connectivity index (χ0n) is 58.9. The standard InChI is InChI=1S/C102H68N6/c1-4-34-73-67(28-1)31-25-55-88(73)103(97-58-61-100(85-40-10-7-37-82(85)97)106-91-49-19-13-43-76(91)77-44-14-20-50-92(77)106)70-64-71(104(89-56-26-32-68-29-2-5-35-74(68)89)98-59-62-101(86-41-11-8-38-83(86)98)107-93-51-21-15-45-78(93)79-46-16-22-52-94(79)107)66-72(65-70)105(90-57-27-33-69-30-3-6-36-75(69)90)99-60-63-102(87-42-12-9-39-84(87)99)108-95-53-23-17-47-80(95)81-48-18-24-54-96(81)108/h1-66,76,91H. The van der Waals surface area contributed by atoms with Crippen molar-refractivity contribution in [1.29, 1.82) is 0 Å². The first-order valence-corrected chi connectivity index (χ1v) is 37.4. The second-order valence-electron chi connectivity index (χ2n) is 28.6. The molecule has 0 spiro atoms. The molecule has 2 unspecified atom stereocenters. The minimum absolute atomic E-state index is 0.106. The molecule has 2 aliphatic rings. The van der Waals surface area contributed by atoms with Gasteiger partial charge in [-0.05, 0) is 125 Å². The number of anilines is 11. The Balaban J connectivity index is 0.868. The summed E-state index contributed by atoms with van der Waals surface area (Å²) in [5, 5.41) is 18.5. The molecule has 108 heavy (non-hydrogen) atoms. The molecular weight excluding hydrogens is 1310 g/mol. The molecule has 0 fully saturated rings. The molecule has 18 aromatic carbocycles. The number of rotatable bonds is 12. The van der Waals surface area contributed by atoms with Crippen LogP contribution in [0.25, 0.3) is 120 Å². The zero-order valence-corrected chi connectivity index (χ0v) is 58.9. The number of nitrogens with zero attached hydrogens (tertiary/aromatic N) is 6. The number of allylic oxidation sites excluding steroid dienone is 2. The number of hydrogen-bond acceptors (Lipinski definition) is 4. The molecule has 1 aliphatic heterocycles. The Kier molecular flexibility index (Phi) is 14.0. The molecule has 2 atom stereocenters. The average molecular weight is 1380 g/mol. The first-order chi connectivity index (χ1) is 53.6. The second kappa shape index (κ2) is 24.7. The van der Waals surface area contributed by atoms with Gasteiger partial charge in [-0.1, -0.05) is 297 Å². The molecule has 0 radical (unpaired) electrons. The Morgan fingerprint density at radius 3 is 0.889 bits per heavy atom. The molecule has 0 saturated carbocycles. The lowest BCUT2D eigenvalue weighted by atomic mass is 9.91. The lowest BCUT2D eigenvalue weighted by molar-refractivity contribution is 0.746. The van der Waals surface area contributed by atoms with E-state index in [9.17, 15) is 0 Å². The summed E-state index contributed by atoms with van der Waals surface area (Å²) in [6.45, 7) is 0. The summed E-state index contributed by atoms with van der Waals surface area (Å²) in [6, 6.07) is 140. The van der Waals surface area contributed by atoms with E-state index in [1.807, 2.05) is 0 Å². The van der Waals surface area contributed by atoms with Crippen molar-refractivity contribution in [2.45, 2.75) is 12.0 Å². The van der Waals surface area contributed by atoms with Crippen LogP contribution in [0.4, 0.5) is 62.6 Å². The molecular formula is C102H68N6. The fourth-order valence-electron chi connectivity index (χ4n) is 18.3. The maximum Gasteiger partial charge on any atom is 0.0629 e. The summed E-state index contributed by atoms with van der Waals surface area (Å²) in [7, 11) is 0. The van der Waals surface area contributed by atoms with Crippen molar-refractivity contribution in [3.63, 3.8) is 0 Å². The van der Waals surface area contributed by atoms with Crippen LogP contribution in [0.2, 0.25) is 0 Å². The predicted octanol–water partition coefficient (Wildman–Crippen LogP) is 27.9. The first-order valence-electron chi connectivity index (χ1n) is 37.4. The van der Waals surface area contributed by atoms with Crippen molar-refractivity contribution in [3.8, 4) is 11.4 Å². The SMILES string of the molecule is C1=CC2c3ccccc3N(c3ccc(N(c4cc(N(c5cccc6ccccc56)c5ccc(-n6c7ccccc7c7ccccc76)c6ccccc56)cc(N(c5cccc6ccccc56)c5ccc(-n6c7ccccc7c7ccccc76)c6ccccc56)c4)c4cccc5ccccc45)c4ccccc34)C2C=C1. The lowest BCUT2D eigenvalue weighted by Crippen LogP contribution is -2.28. The Morgan fingerprint density at radius 1 is 0.204 bits per heavy atom. The van der Waals surface area contributed by atoms with Crippen LogP contribution >= 0.6 is 0 Å². The van der Waals surface area contributed by atoms with E-state index in [-0.39, 0.29) is 12.0 Å². The van der Waals surface area contributed by atoms with Crippen molar-refractivity contribution >= 4 is 171 Å². The Labute approximate surface area is 624 Å². The summed E-state index contributed by atoms with van der Waals surface area (Å²) in [5.41, 5.74) is 19.8. The number of fused-ring (bicyclic) bond motifs is 15. The highest BCUT2D eigenvalue weighted by Crippen LogP contribution is 2.55. The van der Waals surface area contributed by atoms with Gasteiger partial charge in [0.2, 0.25) is 0 Å². The van der Waals surface area contributed by atoms with Gasteiger partial charge in [0.05, 0.1) is 90.7 Å². The highest BCUT2D eigenvalue weighted by Gasteiger charge is 2.38. The molecule has 22 rings (SSSR count). The van der Waals surface area contributed by atoms with Gasteiger partial charge in [0.1, 0.15) is 0 Å². The molecule has 0 bridgehead atoms. The minimum atomic E-state index is 0.106. The quantitative estimate of drug-likeness (QED) is 0.122. The molecule has 2 aromatic heterocycles. The Bertz CT molecular complexity index is 6730. The maximum absolute atomic E-state index is 2.59. The molecule has 3 heterocycles. The zero-order chi connectivity index (χ0) is 70.9. The average Bonchev–Trinajstić information content (AvgIpc) is 1.36. The third-order valence-electron chi connectivity index (χ3n) is 22.9. The van der Waals surface area contributed by atoms with Crippen molar-refractivity contribution in [2.24, 2.45) is 0 Å². The highest BCUT2D eigenvalue weighted by atomic mass is 15.2. The molecule has 20 aromatic rings. The van der Waals surface area contributed by atoms with Gasteiger partial charge in [0, 0.05) is 87.3 Å². The monoisotopic (exact) mass is 1380 g/mol. The van der Waals surface area contributed by atoms with E-state index in [2.05, 4.69) is 429 Å². The van der Waals surface area contributed by atoms with E-state index in [1.165, 1.54) is 38.5 Å². The van der Waals surface area contributed by atoms with E-state index < -0.39 is 0 Å². The molecule has 0 N–H and O–H groups in total. The van der Waals surface area contributed by atoms with Gasteiger partial charge in [-0.25, -0.2) is 0 Å². The minimum Gasteiger partial charge on any atom is -0.333 e. The third kappa shape index (κ3) is 9.46. The maximum atomic E-state index is 2.59. The largest absolute Gasteiger partial charge is 0.333 e. The third-order valence-corrected chi connectivity index (χ3v) is 22.9. The van der Waals surface area contributed by atoms with Gasteiger partial charge in [0.25, 0.3) is 0 Å². The Hall–Kier alpha value is -14.2. The van der Waals surface area contributed by atoms with Crippen LogP contribution < -0.4 is 19.6 Å². The summed E-state index contributed by atoms with van der Waals surface area (Å²) in [5.74, 6) is 0.219. The highest BCUT2D eigenvalue weighted by molar-refractivity contribution is 6.17. The Morgan fingerprint density at radius 2 is 0.491 bits per heavy atom. The van der Waals surface area contributed by atoms with Crippen LogP contribution in [0, 0.1) is 0 Å². The van der Waals surface area contributed by atoms with E-state index in [1.54, 1.807) is 0 Å². The predicted molar refractivity (Wildman–Crippen MR) is 458 cm³/mol. The molecule has 0 saturated heterocycles. The van der Waals surface area contributed by atoms with Crippen molar-refractivity contribution in [2.75, 3.05) is 19.6 Å². The van der Waals surface area contributed by atoms with Gasteiger partial charge >= 0.3 is 0 Å². The van der Waals surface area contributed by atoms with Crippen LogP contribution in [-0.2, 0) is 0 Å². The molecule has 6 heteroatoms. The summed E-state index contributed by atoms with van der Waals surface area (Å²) in [6.07, 6.45) is 9.19. The number of para-hydroxylation sites is 5. The second-order valence-corrected chi connectivity index (χ2v) is 28.6. The van der Waals surface area contributed by atoms with Crippen LogP contribution in [0.5, 0.6) is 0 Å². The van der Waals surface area contributed by atoms with E-state index in [0.717, 1.165) is 149 Å². The van der Waals surface area contributed by atoms with Crippen LogP contribution in [0.15, 0.2) is 400 Å². The fourth-order valence-corrected chi connectivity index (χ4v) is 18.3. The normalized spacial score (nSPS) is 14.0. The lowest BCUT2D eigenvalue weighted by Gasteiger charge is -2.35. The van der Waals surface area contributed by atoms with Gasteiger partial charge in [-0.3, -0.25) is 0 Å². The van der Waals surface area contributed by atoms with Gasteiger partial charge < -0.3 is 28.7 Å². The van der Waals surface area contributed by atoms with Crippen LogP contribution in [0.1, 0.15) is 11.5 Å². The van der Waals surface area contributed by atoms with Crippen molar-refractivity contribution < 1.29 is 0 Å². The summed E-state index contributed by atoms with van der Waals surface area (Å²) in [4.78, 5) is 10.3. The summed E-state index contributed by atoms with van der Waals surface area (Å²) >= 11 is 0. The van der Waals surface area contributed by atoms with Crippen LogP contribution in [0.3, 0.4) is 0 Å². The number of benzene rings is 18. The van der Waals surface area contributed by atoms with Gasteiger partial charge in [-0.2, -0.15) is 0 Å². The topological polar surface area (TPSA) is 22.8 Å². The fraction of sp³-hybridized carbons (Fsp3) is 0.0196. The van der Waals surface area contributed by atoms with Crippen molar-refractivity contribution in [1.82, 2.24) is 9.13 Å².